The normalized spacial score (nSPS) is 10.1. The third-order valence-corrected chi connectivity index (χ3v) is 1.61. The zero-order chi connectivity index (χ0) is 11.1. The molecule has 0 amide bonds. The molecule has 0 aliphatic heterocycles. The highest BCUT2D eigenvalue weighted by Crippen LogP contribution is 2.12. The lowest BCUT2D eigenvalue weighted by Gasteiger charge is -2.02. The molecular formula is C11H10O4. The van der Waals surface area contributed by atoms with Crippen LogP contribution in [0.25, 0.3) is 6.08 Å². The molecule has 15 heavy (non-hydrogen) atoms. The molecule has 0 atom stereocenters. The summed E-state index contributed by atoms with van der Waals surface area (Å²) in [5.74, 6) is -0.527. The summed E-state index contributed by atoms with van der Waals surface area (Å²) in [4.78, 5) is 20.3. The molecule has 1 aromatic carbocycles. The predicted octanol–water partition coefficient (Wildman–Crippen LogP) is 1.36. The number of carboxylic acids is 1. The molecule has 78 valence electrons. The number of aliphatic carboxylic acids is 1. The Bertz CT molecular complexity index is 365. The van der Waals surface area contributed by atoms with Gasteiger partial charge in [-0.2, -0.15) is 0 Å². The largest absolute Gasteiger partial charge is 0.482 e. The lowest BCUT2D eigenvalue weighted by atomic mass is 10.2. The van der Waals surface area contributed by atoms with Crippen molar-refractivity contribution in [1.82, 2.24) is 0 Å². The van der Waals surface area contributed by atoms with E-state index in [1.165, 1.54) is 6.08 Å². The van der Waals surface area contributed by atoms with Gasteiger partial charge >= 0.3 is 5.97 Å². The van der Waals surface area contributed by atoms with E-state index in [0.717, 1.165) is 5.56 Å². The van der Waals surface area contributed by atoms with E-state index in [2.05, 4.69) is 0 Å². The standard InChI is InChI=1S/C11H10O4/c12-7-1-2-9-3-5-10(6-4-9)15-8-11(13)14/h1-7H,8H2,(H,13,14)/b2-1+. The smallest absolute Gasteiger partial charge is 0.341 e. The minimum absolute atomic E-state index is 0.358. The molecule has 4 nitrogen and oxygen atoms in total. The van der Waals surface area contributed by atoms with Crippen LogP contribution in [0.5, 0.6) is 5.75 Å². The van der Waals surface area contributed by atoms with Gasteiger partial charge in [0.2, 0.25) is 0 Å². The van der Waals surface area contributed by atoms with Crippen LogP contribution in [0.2, 0.25) is 0 Å². The molecule has 1 aromatic rings. The fourth-order valence-electron chi connectivity index (χ4n) is 0.971. The van der Waals surface area contributed by atoms with Crippen LogP contribution >= 0.6 is 0 Å². The van der Waals surface area contributed by atoms with E-state index in [9.17, 15) is 9.59 Å². The number of aldehydes is 1. The molecule has 1 N–H and O–H groups in total. The van der Waals surface area contributed by atoms with Crippen molar-refractivity contribution in [2.75, 3.05) is 6.61 Å². The predicted molar refractivity (Wildman–Crippen MR) is 54.7 cm³/mol. The van der Waals surface area contributed by atoms with Gasteiger partial charge in [-0.3, -0.25) is 4.79 Å². The molecule has 0 saturated heterocycles. The first-order valence-corrected chi connectivity index (χ1v) is 4.29. The number of hydrogen-bond acceptors (Lipinski definition) is 3. The first-order chi connectivity index (χ1) is 7.22. The van der Waals surface area contributed by atoms with Gasteiger partial charge in [0, 0.05) is 0 Å². The lowest BCUT2D eigenvalue weighted by molar-refractivity contribution is -0.139. The summed E-state index contributed by atoms with van der Waals surface area (Å²) in [6.45, 7) is -0.358. The van der Waals surface area contributed by atoms with Gasteiger partial charge < -0.3 is 9.84 Å². The van der Waals surface area contributed by atoms with Crippen LogP contribution in [0.3, 0.4) is 0 Å². The average Bonchev–Trinajstić information content (AvgIpc) is 2.25. The van der Waals surface area contributed by atoms with Crippen molar-refractivity contribution in [3.8, 4) is 5.75 Å². The van der Waals surface area contributed by atoms with Crippen LogP contribution < -0.4 is 4.74 Å². The van der Waals surface area contributed by atoms with Crippen LogP contribution in [0.4, 0.5) is 0 Å². The molecule has 0 aliphatic carbocycles. The molecule has 0 saturated carbocycles. The summed E-state index contributed by atoms with van der Waals surface area (Å²) in [5, 5.41) is 8.37. The maximum atomic E-state index is 10.2. The third-order valence-electron chi connectivity index (χ3n) is 1.61. The molecule has 0 unspecified atom stereocenters. The molecular weight excluding hydrogens is 196 g/mol. The molecule has 0 heterocycles. The van der Waals surface area contributed by atoms with Gasteiger partial charge in [0.15, 0.2) is 6.61 Å². The summed E-state index contributed by atoms with van der Waals surface area (Å²) in [5.41, 5.74) is 0.852. The van der Waals surface area contributed by atoms with Crippen LogP contribution in [-0.4, -0.2) is 24.0 Å². The maximum Gasteiger partial charge on any atom is 0.341 e. The van der Waals surface area contributed by atoms with E-state index in [1.54, 1.807) is 30.3 Å². The molecule has 0 bridgehead atoms. The highest BCUT2D eigenvalue weighted by molar-refractivity contribution is 5.73. The SMILES string of the molecule is O=C/C=C/c1ccc(OCC(=O)O)cc1. The van der Waals surface area contributed by atoms with Crippen LogP contribution in [0, 0.1) is 0 Å². The zero-order valence-electron chi connectivity index (χ0n) is 7.92. The number of carbonyl (C=O) groups is 2. The van der Waals surface area contributed by atoms with E-state index in [1.807, 2.05) is 0 Å². The maximum absolute atomic E-state index is 10.2. The highest BCUT2D eigenvalue weighted by atomic mass is 16.5. The van der Waals surface area contributed by atoms with Gasteiger partial charge in [-0.05, 0) is 23.8 Å². The minimum atomic E-state index is -1.01. The Balaban J connectivity index is 2.59. The van der Waals surface area contributed by atoms with Crippen LogP contribution in [0.1, 0.15) is 5.56 Å². The number of benzene rings is 1. The molecule has 4 heteroatoms. The second-order valence-corrected chi connectivity index (χ2v) is 2.75. The number of hydrogen-bond donors (Lipinski definition) is 1. The number of ether oxygens (including phenoxy) is 1. The number of rotatable bonds is 5. The van der Waals surface area contributed by atoms with E-state index in [4.69, 9.17) is 9.84 Å². The van der Waals surface area contributed by atoms with Crippen molar-refractivity contribution in [2.45, 2.75) is 0 Å². The fraction of sp³-hybridized carbons (Fsp3) is 0.0909. The van der Waals surface area contributed by atoms with Crippen molar-refractivity contribution in [1.29, 1.82) is 0 Å². The Kier molecular flexibility index (Phi) is 4.09. The third kappa shape index (κ3) is 4.08. The first-order valence-electron chi connectivity index (χ1n) is 4.29. The van der Waals surface area contributed by atoms with Crippen molar-refractivity contribution in [3.05, 3.63) is 35.9 Å². The van der Waals surface area contributed by atoms with E-state index in [-0.39, 0.29) is 6.61 Å². The highest BCUT2D eigenvalue weighted by Gasteiger charge is 1.98. The minimum Gasteiger partial charge on any atom is -0.482 e. The lowest BCUT2D eigenvalue weighted by Crippen LogP contribution is -2.09. The summed E-state index contributed by atoms with van der Waals surface area (Å²) >= 11 is 0. The molecule has 0 spiro atoms. The quantitative estimate of drug-likeness (QED) is 0.583. The topological polar surface area (TPSA) is 63.6 Å². The van der Waals surface area contributed by atoms with Crippen LogP contribution in [0.15, 0.2) is 30.3 Å². The van der Waals surface area contributed by atoms with Gasteiger partial charge in [0.05, 0.1) is 0 Å². The van der Waals surface area contributed by atoms with Crippen molar-refractivity contribution >= 4 is 18.3 Å². The Labute approximate surface area is 86.8 Å². The van der Waals surface area contributed by atoms with Gasteiger partial charge in [0.25, 0.3) is 0 Å². The number of carboxylic acid groups (broad SMARTS) is 1. The van der Waals surface area contributed by atoms with E-state index >= 15 is 0 Å². The average molecular weight is 206 g/mol. The van der Waals surface area contributed by atoms with Crippen molar-refractivity contribution in [2.24, 2.45) is 0 Å². The molecule has 0 aromatic heterocycles. The fourth-order valence-corrected chi connectivity index (χ4v) is 0.971. The summed E-state index contributed by atoms with van der Waals surface area (Å²) in [6.07, 6.45) is 3.72. The van der Waals surface area contributed by atoms with Crippen molar-refractivity contribution < 1.29 is 19.4 Å². The Morgan fingerprint density at radius 3 is 2.53 bits per heavy atom. The molecule has 1 rings (SSSR count). The van der Waals surface area contributed by atoms with E-state index in [0.29, 0.717) is 12.0 Å². The molecule has 0 aliphatic rings. The Morgan fingerprint density at radius 2 is 2.00 bits per heavy atom. The van der Waals surface area contributed by atoms with Gasteiger partial charge in [-0.1, -0.05) is 18.2 Å². The van der Waals surface area contributed by atoms with Crippen LogP contribution in [-0.2, 0) is 9.59 Å². The zero-order valence-corrected chi connectivity index (χ0v) is 7.92. The first kappa shape index (κ1) is 11.0. The number of carbonyl (C=O) groups excluding carboxylic acids is 1. The Hall–Kier alpha value is -2.10. The second kappa shape index (κ2) is 5.59. The Morgan fingerprint density at radius 1 is 1.33 bits per heavy atom. The van der Waals surface area contributed by atoms with Crippen molar-refractivity contribution in [3.63, 3.8) is 0 Å². The monoisotopic (exact) mass is 206 g/mol. The number of allylic oxidation sites excluding steroid dienone is 1. The summed E-state index contributed by atoms with van der Waals surface area (Å²) in [7, 11) is 0. The molecule has 0 fully saturated rings. The second-order valence-electron chi connectivity index (χ2n) is 2.75. The summed E-state index contributed by atoms with van der Waals surface area (Å²) in [6, 6.07) is 6.76. The van der Waals surface area contributed by atoms with Gasteiger partial charge in [0.1, 0.15) is 12.0 Å². The van der Waals surface area contributed by atoms with E-state index < -0.39 is 5.97 Å². The molecule has 0 radical (unpaired) electrons. The summed E-state index contributed by atoms with van der Waals surface area (Å²) < 4.78 is 4.93. The van der Waals surface area contributed by atoms with Gasteiger partial charge in [-0.25, -0.2) is 4.79 Å². The van der Waals surface area contributed by atoms with Gasteiger partial charge in [-0.15, -0.1) is 0 Å².